The Labute approximate surface area is 300 Å². The van der Waals surface area contributed by atoms with Gasteiger partial charge in [0, 0.05) is 62.5 Å². The van der Waals surface area contributed by atoms with Gasteiger partial charge in [-0.05, 0) is 86.9 Å². The predicted molar refractivity (Wildman–Crippen MR) is 192 cm³/mol. The third kappa shape index (κ3) is 6.82. The van der Waals surface area contributed by atoms with Crippen molar-refractivity contribution < 1.29 is 23.5 Å². The molecule has 1 aliphatic carbocycles. The van der Waals surface area contributed by atoms with Gasteiger partial charge in [0.15, 0.2) is 11.5 Å². The Bertz CT molecular complexity index is 2130. The first-order valence-corrected chi connectivity index (χ1v) is 18.1. The van der Waals surface area contributed by atoms with E-state index in [1.165, 1.54) is 6.07 Å². The maximum absolute atomic E-state index is 15.2. The fourth-order valence-corrected chi connectivity index (χ4v) is 7.93. The fourth-order valence-electron chi connectivity index (χ4n) is 7.93. The number of methoxy groups -OCH3 is 1. The highest BCUT2D eigenvalue weighted by atomic mass is 19.1. The first-order chi connectivity index (χ1) is 25.3. The van der Waals surface area contributed by atoms with Crippen LogP contribution < -0.4 is 20.3 Å². The number of piperazine rings is 1. The number of imide groups is 1. The number of nitrogens with one attached hydrogen (secondary N) is 2. The van der Waals surface area contributed by atoms with Crippen LogP contribution in [0.5, 0.6) is 5.75 Å². The number of nitrogens with zero attached hydrogens (tertiary/aromatic N) is 7. The van der Waals surface area contributed by atoms with E-state index in [9.17, 15) is 14.4 Å². The molecule has 3 fully saturated rings. The number of amides is 3. The van der Waals surface area contributed by atoms with Crippen molar-refractivity contribution in [2.75, 3.05) is 44.7 Å². The van der Waals surface area contributed by atoms with E-state index in [0.29, 0.717) is 46.2 Å². The van der Waals surface area contributed by atoms with Crippen molar-refractivity contribution in [2.24, 2.45) is 5.92 Å². The lowest BCUT2D eigenvalue weighted by Gasteiger charge is -2.37. The van der Waals surface area contributed by atoms with Gasteiger partial charge in [0.05, 0.1) is 36.0 Å². The molecule has 8 rings (SSSR count). The number of rotatable bonds is 9. The number of carbonyl (C=O) groups excluding carboxylic acids is 3. The summed E-state index contributed by atoms with van der Waals surface area (Å²) in [7, 11) is 1.56. The zero-order chi connectivity index (χ0) is 35.8. The maximum Gasteiger partial charge on any atom is 0.255 e. The third-order valence-electron chi connectivity index (χ3n) is 10.9. The predicted octanol–water partition coefficient (Wildman–Crippen LogP) is 4.24. The standard InChI is InChI=1S/C38H42FN9O4/c1-52-33-21-31-26(23-47(44-31)36-22-40-34-3-2-13-41-48(34)36)19-29(33)38(51)42-27-7-4-24(5-8-27)12-14-45-15-17-46(18-16-45)32-10-6-25(20-30(32)39)28-9-11-35(49)43-37(28)50/h2-3,6,10,13,19-24,27-28H,4-5,7-9,11-12,14-18H2,1H3,(H,42,51)(H,43,49,50). The lowest BCUT2D eigenvalue weighted by Crippen LogP contribution is -2.47. The van der Waals surface area contributed by atoms with Gasteiger partial charge < -0.3 is 15.0 Å². The van der Waals surface area contributed by atoms with Gasteiger partial charge in [-0.3, -0.25) is 24.6 Å². The SMILES string of the molecule is COc1cc2nn(-c3cnc4cccnn34)cc2cc1C(=O)NC1CCC(CCN2CCN(c3ccc(C4CCC(=O)NC4=O)cc3F)CC2)CC1. The van der Waals surface area contributed by atoms with Crippen molar-refractivity contribution >= 4 is 40.0 Å². The number of imidazole rings is 1. The summed E-state index contributed by atoms with van der Waals surface area (Å²) in [6.45, 7) is 4.20. The summed E-state index contributed by atoms with van der Waals surface area (Å²) in [4.78, 5) is 46.2. The van der Waals surface area contributed by atoms with E-state index in [0.717, 1.165) is 75.9 Å². The number of fused-ring (bicyclic) bond motifs is 2. The van der Waals surface area contributed by atoms with Crippen LogP contribution in [0.15, 0.2) is 61.1 Å². The second-order valence-corrected chi connectivity index (χ2v) is 14.1. The molecule has 2 N–H and O–H groups in total. The minimum absolute atomic E-state index is 0.107. The van der Waals surface area contributed by atoms with Gasteiger partial charge in [-0.25, -0.2) is 14.1 Å². The molecule has 3 amide bonds. The van der Waals surface area contributed by atoms with E-state index >= 15 is 4.39 Å². The third-order valence-corrected chi connectivity index (χ3v) is 10.9. The Morgan fingerprint density at radius 1 is 1.04 bits per heavy atom. The Balaban J connectivity index is 0.806. The van der Waals surface area contributed by atoms with Crippen molar-refractivity contribution in [3.8, 4) is 11.6 Å². The molecule has 14 heteroatoms. The average Bonchev–Trinajstić information content (AvgIpc) is 3.78. The molecule has 5 aromatic rings. The molecule has 5 heterocycles. The monoisotopic (exact) mass is 707 g/mol. The summed E-state index contributed by atoms with van der Waals surface area (Å²) >= 11 is 0. The van der Waals surface area contributed by atoms with Crippen molar-refractivity contribution in [2.45, 2.75) is 56.9 Å². The van der Waals surface area contributed by atoms with E-state index in [1.54, 1.807) is 40.8 Å². The number of carbonyl (C=O) groups is 3. The van der Waals surface area contributed by atoms with Crippen LogP contribution in [0.4, 0.5) is 10.1 Å². The van der Waals surface area contributed by atoms with Crippen LogP contribution in [0.2, 0.25) is 0 Å². The van der Waals surface area contributed by atoms with Crippen molar-refractivity contribution in [1.82, 2.24) is 39.9 Å². The summed E-state index contributed by atoms with van der Waals surface area (Å²) < 4.78 is 24.2. The molecule has 0 spiro atoms. The van der Waals surface area contributed by atoms with Crippen LogP contribution >= 0.6 is 0 Å². The van der Waals surface area contributed by atoms with Crippen LogP contribution in [0.1, 0.15) is 66.8 Å². The summed E-state index contributed by atoms with van der Waals surface area (Å²) in [6, 6.07) is 12.5. The van der Waals surface area contributed by atoms with E-state index < -0.39 is 5.92 Å². The zero-order valence-corrected chi connectivity index (χ0v) is 29.1. The first-order valence-electron chi connectivity index (χ1n) is 18.1. The molecule has 2 aromatic carbocycles. The highest BCUT2D eigenvalue weighted by Gasteiger charge is 2.30. The van der Waals surface area contributed by atoms with Gasteiger partial charge in [0.1, 0.15) is 11.6 Å². The van der Waals surface area contributed by atoms with Gasteiger partial charge in [0.25, 0.3) is 5.91 Å². The first kappa shape index (κ1) is 33.8. The number of anilines is 1. The van der Waals surface area contributed by atoms with Gasteiger partial charge in [-0.2, -0.15) is 14.7 Å². The Morgan fingerprint density at radius 2 is 1.87 bits per heavy atom. The topological polar surface area (TPSA) is 139 Å². The van der Waals surface area contributed by atoms with Crippen LogP contribution in [-0.2, 0) is 9.59 Å². The minimum Gasteiger partial charge on any atom is -0.496 e. The Hall–Kier alpha value is -5.37. The second kappa shape index (κ2) is 14.3. The molecule has 1 saturated carbocycles. The van der Waals surface area contributed by atoms with Crippen molar-refractivity contribution in [3.05, 3.63) is 78.0 Å². The molecule has 0 radical (unpaired) electrons. The average molecular weight is 708 g/mol. The molecule has 0 bridgehead atoms. The van der Waals surface area contributed by atoms with E-state index in [-0.39, 0.29) is 36.0 Å². The highest BCUT2D eigenvalue weighted by molar-refractivity contribution is 6.01. The largest absolute Gasteiger partial charge is 0.496 e. The molecule has 2 saturated heterocycles. The highest BCUT2D eigenvalue weighted by Crippen LogP contribution is 2.32. The van der Waals surface area contributed by atoms with E-state index in [2.05, 4.69) is 30.5 Å². The summed E-state index contributed by atoms with van der Waals surface area (Å²) in [5, 5.41) is 15.5. The van der Waals surface area contributed by atoms with Gasteiger partial charge in [0.2, 0.25) is 11.8 Å². The van der Waals surface area contributed by atoms with Gasteiger partial charge >= 0.3 is 0 Å². The number of hydrogen-bond donors (Lipinski definition) is 2. The quantitative estimate of drug-likeness (QED) is 0.216. The molecule has 1 unspecified atom stereocenters. The molecular weight excluding hydrogens is 665 g/mol. The molecule has 13 nitrogen and oxygen atoms in total. The number of hydrogen-bond acceptors (Lipinski definition) is 9. The molecule has 1 atom stereocenters. The lowest BCUT2D eigenvalue weighted by molar-refractivity contribution is -0.134. The second-order valence-electron chi connectivity index (χ2n) is 14.1. The smallest absolute Gasteiger partial charge is 0.255 e. The van der Waals surface area contributed by atoms with Crippen molar-refractivity contribution in [1.29, 1.82) is 0 Å². The van der Waals surface area contributed by atoms with Gasteiger partial charge in [-0.1, -0.05) is 6.07 Å². The van der Waals surface area contributed by atoms with E-state index in [1.807, 2.05) is 30.5 Å². The Morgan fingerprint density at radius 3 is 2.63 bits per heavy atom. The van der Waals surface area contributed by atoms with E-state index in [4.69, 9.17) is 9.84 Å². The summed E-state index contributed by atoms with van der Waals surface area (Å²) in [5.74, 6) is 0.189. The molecule has 3 aliphatic rings. The number of aromatic nitrogens is 5. The number of halogens is 1. The Kier molecular flexibility index (Phi) is 9.30. The number of benzene rings is 2. The number of ether oxygens (including phenoxy) is 1. The lowest BCUT2D eigenvalue weighted by atomic mass is 9.84. The minimum atomic E-state index is -0.492. The van der Waals surface area contributed by atoms with Crippen LogP contribution in [0, 0.1) is 11.7 Å². The van der Waals surface area contributed by atoms with Gasteiger partial charge in [-0.15, -0.1) is 0 Å². The maximum atomic E-state index is 15.2. The van der Waals surface area contributed by atoms with Crippen LogP contribution in [-0.4, -0.2) is 92.9 Å². The van der Waals surface area contributed by atoms with Crippen molar-refractivity contribution in [3.63, 3.8) is 0 Å². The van der Waals surface area contributed by atoms with Crippen LogP contribution in [0.3, 0.4) is 0 Å². The molecular formula is C38H42FN9O4. The summed E-state index contributed by atoms with van der Waals surface area (Å²) in [5.41, 5.74) is 3.08. The fraction of sp³-hybridized carbons (Fsp3) is 0.421. The molecule has 3 aromatic heterocycles. The summed E-state index contributed by atoms with van der Waals surface area (Å²) in [6.07, 6.45) is 11.1. The zero-order valence-electron chi connectivity index (χ0n) is 29.1. The molecule has 52 heavy (non-hydrogen) atoms. The molecule has 2 aliphatic heterocycles. The number of piperidine rings is 1. The van der Waals surface area contributed by atoms with Crippen LogP contribution in [0.25, 0.3) is 22.4 Å². The normalized spacial score (nSPS) is 21.4. The molecule has 270 valence electrons.